The van der Waals surface area contributed by atoms with Crippen LogP contribution in [-0.2, 0) is 25.7 Å². The number of nitrogens with one attached hydrogen (secondary N) is 4. The molecule has 0 bridgehead atoms. The van der Waals surface area contributed by atoms with Gasteiger partial charge >= 0.3 is 12.2 Å². The minimum Gasteiger partial charge on any atom is -0.497 e. The van der Waals surface area contributed by atoms with Gasteiger partial charge in [0.25, 0.3) is 11.8 Å². The average Bonchev–Trinajstić information content (AvgIpc) is 4.07. The Morgan fingerprint density at radius 1 is 0.609 bits per heavy atom. The van der Waals surface area contributed by atoms with E-state index in [1.807, 2.05) is 48.5 Å². The Bertz CT molecular complexity index is 2560. The normalized spacial score (nSPS) is 16.8. The number of methoxy groups -OCH3 is 1. The van der Waals surface area contributed by atoms with Gasteiger partial charge in [-0.25, -0.2) is 9.59 Å². The lowest BCUT2D eigenvalue weighted by Gasteiger charge is -2.28. The minimum absolute atomic E-state index is 0.292. The Morgan fingerprint density at radius 2 is 1.05 bits per heavy atom. The maximum absolute atomic E-state index is 14.0. The van der Waals surface area contributed by atoms with Gasteiger partial charge in [-0.3, -0.25) is 19.2 Å². The number of aromatic nitrogens is 1. The molecule has 2 aliphatic heterocycles. The van der Waals surface area contributed by atoms with E-state index in [9.17, 15) is 39.0 Å². The summed E-state index contributed by atoms with van der Waals surface area (Å²) in [6.07, 6.45) is -0.769. The van der Waals surface area contributed by atoms with E-state index in [2.05, 4.69) is 25.8 Å². The van der Waals surface area contributed by atoms with Crippen LogP contribution in [0.5, 0.6) is 5.75 Å². The van der Waals surface area contributed by atoms with Crippen molar-refractivity contribution in [1.82, 2.24) is 25.0 Å². The Morgan fingerprint density at radius 3 is 1.45 bits per heavy atom. The number of nitrogens with zero attached hydrogens (tertiary/aromatic N) is 3. The second kappa shape index (κ2) is 18.6. The quantitative estimate of drug-likeness (QED) is 0.0726. The van der Waals surface area contributed by atoms with Crippen molar-refractivity contribution in [1.29, 1.82) is 0 Å². The number of rotatable bonds is 13. The van der Waals surface area contributed by atoms with Gasteiger partial charge in [0, 0.05) is 41.8 Å². The highest BCUT2D eigenvalue weighted by Crippen LogP contribution is 2.35. The third kappa shape index (κ3) is 9.02. The van der Waals surface area contributed by atoms with Crippen LogP contribution in [-0.4, -0.2) is 92.7 Å². The highest BCUT2D eigenvalue weighted by Gasteiger charge is 2.40. The van der Waals surface area contributed by atoms with Crippen molar-refractivity contribution in [2.75, 3.05) is 30.8 Å². The minimum atomic E-state index is -1.35. The Hall–Kier alpha value is -7.88. The summed E-state index contributed by atoms with van der Waals surface area (Å²) in [5, 5.41) is 31.6. The molecule has 0 aliphatic carbocycles. The van der Waals surface area contributed by atoms with E-state index >= 15 is 0 Å². The van der Waals surface area contributed by atoms with Crippen molar-refractivity contribution in [2.24, 2.45) is 0 Å². The number of anilines is 2. The van der Waals surface area contributed by atoms with Crippen LogP contribution in [0.3, 0.4) is 0 Å². The summed E-state index contributed by atoms with van der Waals surface area (Å²) in [5.74, 6) is -1.12. The van der Waals surface area contributed by atoms with Crippen LogP contribution in [0, 0.1) is 0 Å². The molecule has 2 unspecified atom stereocenters. The predicted molar refractivity (Wildman–Crippen MR) is 239 cm³/mol. The summed E-state index contributed by atoms with van der Waals surface area (Å²) >= 11 is 0. The first-order valence-electron chi connectivity index (χ1n) is 21.0. The molecule has 2 aliphatic rings. The SMILES string of the molecule is COc1ccc(Cn2c3cc(NC(=O)[C@@H]4CCCN4C(=O)C(NC(=O)O)c4ccccc4)ccc3c3ccc(NC(=O)[C@@H]4CCCN4C(=O)C(NC(=O)O)c4ccccc4)cc32)cc1. The van der Waals surface area contributed by atoms with Crippen LogP contribution in [0.4, 0.5) is 21.0 Å². The van der Waals surface area contributed by atoms with Gasteiger partial charge in [0.2, 0.25) is 11.8 Å². The zero-order valence-electron chi connectivity index (χ0n) is 34.9. The number of benzene rings is 5. The van der Waals surface area contributed by atoms with Gasteiger partial charge < -0.3 is 50.6 Å². The molecule has 0 saturated carbocycles. The number of amides is 6. The number of fused-ring (bicyclic) bond motifs is 3. The molecule has 0 spiro atoms. The molecule has 1 aromatic heterocycles. The molecule has 2 saturated heterocycles. The highest BCUT2D eigenvalue weighted by atomic mass is 16.5. The summed E-state index contributed by atoms with van der Waals surface area (Å²) in [7, 11) is 1.60. The molecule has 16 heteroatoms. The van der Waals surface area contributed by atoms with Crippen LogP contribution in [0.1, 0.15) is 54.5 Å². The van der Waals surface area contributed by atoms with Gasteiger partial charge in [0.05, 0.1) is 18.1 Å². The van der Waals surface area contributed by atoms with Crippen molar-refractivity contribution < 1.29 is 43.7 Å². The average molecular weight is 866 g/mol. The van der Waals surface area contributed by atoms with E-state index in [1.54, 1.807) is 79.9 Å². The van der Waals surface area contributed by atoms with Crippen LogP contribution in [0.25, 0.3) is 21.8 Å². The van der Waals surface area contributed by atoms with Crippen molar-refractivity contribution in [2.45, 2.75) is 56.4 Å². The van der Waals surface area contributed by atoms with E-state index in [1.165, 1.54) is 9.80 Å². The van der Waals surface area contributed by atoms with Crippen molar-refractivity contribution in [3.63, 3.8) is 0 Å². The lowest BCUT2D eigenvalue weighted by Crippen LogP contribution is -2.48. The first-order valence-corrected chi connectivity index (χ1v) is 21.0. The Kier molecular flexibility index (Phi) is 12.4. The molecule has 2 fully saturated rings. The largest absolute Gasteiger partial charge is 0.497 e. The summed E-state index contributed by atoms with van der Waals surface area (Å²) in [6, 6.07) is 31.8. The van der Waals surface area contributed by atoms with E-state index < -0.39 is 60.0 Å². The lowest BCUT2D eigenvalue weighted by atomic mass is 10.0. The zero-order chi connectivity index (χ0) is 44.9. The third-order valence-corrected chi connectivity index (χ3v) is 11.9. The number of carboxylic acid groups (broad SMARTS) is 2. The standard InChI is InChI=1S/C48H47N7O9/c1-64-34-20-16-29(17-21-34)28-55-39-26-32(49-43(56)37-14-8-24-53(37)45(58)41(51-47(60)61)30-10-4-2-5-11-30)18-22-35(39)36-23-19-33(27-40(36)55)50-44(57)38-15-9-25-54(38)46(59)42(52-48(62)63)31-12-6-3-7-13-31/h2-7,10-13,16-23,26-27,37-38,41-42,51-52H,8-9,14-15,24-25,28H2,1H3,(H,49,56)(H,50,57)(H,60,61)(H,62,63)/t37-,38-,41?,42?/m0/s1. The molecule has 3 heterocycles. The lowest BCUT2D eigenvalue weighted by molar-refractivity contribution is -0.138. The number of hydrogen-bond donors (Lipinski definition) is 6. The molecule has 6 N–H and O–H groups in total. The first-order chi connectivity index (χ1) is 31.0. The van der Waals surface area contributed by atoms with Crippen LogP contribution in [0.2, 0.25) is 0 Å². The summed E-state index contributed by atoms with van der Waals surface area (Å²) in [4.78, 5) is 82.0. The molecule has 6 amide bonds. The van der Waals surface area contributed by atoms with E-state index in [0.29, 0.717) is 73.6 Å². The van der Waals surface area contributed by atoms with Gasteiger partial charge in [-0.2, -0.15) is 0 Å². The van der Waals surface area contributed by atoms with Gasteiger partial charge in [-0.05, 0) is 78.8 Å². The maximum Gasteiger partial charge on any atom is 0.405 e. The fourth-order valence-electron chi connectivity index (χ4n) is 8.84. The van der Waals surface area contributed by atoms with Crippen molar-refractivity contribution >= 4 is 69.0 Å². The summed E-state index contributed by atoms with van der Waals surface area (Å²) in [6.45, 7) is 0.991. The predicted octanol–water partition coefficient (Wildman–Crippen LogP) is 6.73. The van der Waals surface area contributed by atoms with Gasteiger partial charge in [-0.1, -0.05) is 84.9 Å². The van der Waals surface area contributed by atoms with Crippen LogP contribution >= 0.6 is 0 Å². The third-order valence-electron chi connectivity index (χ3n) is 11.9. The monoisotopic (exact) mass is 865 g/mol. The van der Waals surface area contributed by atoms with E-state index in [-0.39, 0.29) is 0 Å². The fourth-order valence-corrected chi connectivity index (χ4v) is 8.84. The van der Waals surface area contributed by atoms with Crippen molar-refractivity contribution in [3.05, 3.63) is 138 Å². The molecule has 0 radical (unpaired) electrons. The molecule has 4 atom stereocenters. The molecule has 64 heavy (non-hydrogen) atoms. The molecular formula is C48H47N7O9. The molecule has 16 nitrogen and oxygen atoms in total. The van der Waals surface area contributed by atoms with Gasteiger partial charge in [0.15, 0.2) is 0 Å². The summed E-state index contributed by atoms with van der Waals surface area (Å²) in [5.41, 5.74) is 4.44. The molecular weight excluding hydrogens is 819 g/mol. The number of likely N-dealkylation sites (tertiary alicyclic amines) is 2. The first kappa shape index (κ1) is 42.8. The highest BCUT2D eigenvalue weighted by molar-refractivity contribution is 6.11. The van der Waals surface area contributed by atoms with E-state index in [0.717, 1.165) is 27.4 Å². The molecule has 6 aromatic rings. The van der Waals surface area contributed by atoms with Crippen LogP contribution in [0.15, 0.2) is 121 Å². The van der Waals surface area contributed by atoms with Crippen molar-refractivity contribution in [3.8, 4) is 5.75 Å². The van der Waals surface area contributed by atoms with Gasteiger partial charge in [0.1, 0.15) is 29.9 Å². The van der Waals surface area contributed by atoms with E-state index in [4.69, 9.17) is 4.74 Å². The summed E-state index contributed by atoms with van der Waals surface area (Å²) < 4.78 is 7.47. The second-order valence-electron chi connectivity index (χ2n) is 15.8. The molecule has 8 rings (SSSR count). The Balaban J connectivity index is 1.07. The van der Waals surface area contributed by atoms with Crippen LogP contribution < -0.4 is 26.0 Å². The maximum atomic E-state index is 14.0. The number of carbonyl (C=O) groups is 6. The number of hydrogen-bond acceptors (Lipinski definition) is 7. The number of ether oxygens (including phenoxy) is 1. The zero-order valence-corrected chi connectivity index (χ0v) is 34.9. The molecule has 328 valence electrons. The second-order valence-corrected chi connectivity index (χ2v) is 15.8. The molecule has 5 aromatic carbocycles. The number of carbonyl (C=O) groups excluding carboxylic acids is 4. The van der Waals surface area contributed by atoms with Gasteiger partial charge in [-0.15, -0.1) is 0 Å². The smallest absolute Gasteiger partial charge is 0.405 e. The topological polar surface area (TPSA) is 212 Å². The fraction of sp³-hybridized carbons (Fsp3) is 0.250. The Labute approximate surface area is 367 Å².